The summed E-state index contributed by atoms with van der Waals surface area (Å²) in [5, 5.41) is 55.1. The quantitative estimate of drug-likeness (QED) is 0.0261. The molecule has 1 heterocycles. The van der Waals surface area contributed by atoms with E-state index >= 15 is 0 Å². The molecular weight excluding hydrogens is 1110 g/mol. The molecule has 0 radical (unpaired) electrons. The molecule has 1 aliphatic heterocycles. The number of unbranched alkanes of at least 4 members (excludes halogenated alkanes) is 44. The van der Waals surface area contributed by atoms with Crippen LogP contribution in [0.4, 0.5) is 0 Å². The number of rotatable bonds is 68. The Labute approximate surface area is 556 Å². The van der Waals surface area contributed by atoms with E-state index in [1.165, 1.54) is 257 Å². The summed E-state index contributed by atoms with van der Waals surface area (Å²) >= 11 is 0. The Morgan fingerprint density at radius 2 is 0.689 bits per heavy atom. The van der Waals surface area contributed by atoms with Crippen molar-refractivity contribution in [2.45, 2.75) is 410 Å². The number of carbonyl (C=O) groups excluding carboxylic acids is 1. The zero-order valence-electron chi connectivity index (χ0n) is 58.9. The third kappa shape index (κ3) is 56.9. The summed E-state index contributed by atoms with van der Waals surface area (Å²) in [4.78, 5) is 13.2. The lowest BCUT2D eigenvalue weighted by Crippen LogP contribution is -2.60. The Kier molecular flexibility index (Phi) is 65.7. The molecule has 0 bridgehead atoms. The molecule has 9 heteroatoms. The zero-order chi connectivity index (χ0) is 64.9. The predicted octanol–water partition coefficient (Wildman–Crippen LogP) is 22.0. The van der Waals surface area contributed by atoms with E-state index in [0.29, 0.717) is 12.8 Å². The topological polar surface area (TPSA) is 149 Å². The summed E-state index contributed by atoms with van der Waals surface area (Å²) in [5.74, 6) is -0.139. The van der Waals surface area contributed by atoms with Gasteiger partial charge in [-0.3, -0.25) is 4.79 Å². The maximum atomic E-state index is 13.2. The average molecular weight is 1260 g/mol. The SMILES string of the molecule is CC/C=C\C/C=C\C/C=C\C/C=C\C/C=C\C/C=C\C/C=C\CCCCCCCCCCCCCCCCCCCCCC(=O)NC(COC1OC(CO)C(O)C(O)C1O)C(O)CCCCCCCCCCCCCCCCCCCCCCCCCCCC. The second-order valence-electron chi connectivity index (χ2n) is 26.8. The number of hydrogen-bond acceptors (Lipinski definition) is 8. The average Bonchev–Trinajstić information content (AvgIpc) is 1.28. The van der Waals surface area contributed by atoms with Gasteiger partial charge in [0.15, 0.2) is 6.29 Å². The Bertz CT molecular complexity index is 1700. The monoisotopic (exact) mass is 1260 g/mol. The first-order valence-electron chi connectivity index (χ1n) is 38.8. The minimum Gasteiger partial charge on any atom is -0.394 e. The molecule has 90 heavy (non-hydrogen) atoms. The first-order valence-corrected chi connectivity index (χ1v) is 38.8. The molecule has 0 aromatic rings. The molecule has 1 rings (SSSR count). The fourth-order valence-corrected chi connectivity index (χ4v) is 12.3. The molecule has 7 unspecified atom stereocenters. The standard InChI is InChI=1S/C81H147NO8/c1-3-5-7-9-11-13-15-17-19-21-23-25-27-29-31-32-33-34-35-36-37-38-39-40-41-42-43-44-45-47-49-51-53-55-57-59-61-63-65-67-69-71-77(85)82-74(73-89-81-80(88)79(87)78(86)76(72-83)90-81)75(84)70-68-66-64-62-60-58-56-54-52-50-48-46-30-28-26-24-22-20-18-16-14-12-10-8-6-4-2/h5,7,11,13,17,19,23,25,29,31,33-34,36-37,74-76,78-81,83-84,86-88H,3-4,6,8-10,12,14-16,18,20-22,24,26-28,30,32,35,38-73H2,1-2H3,(H,82,85)/b7-5-,13-11-,19-17-,25-23-,31-29-,34-33-,37-36-. The number of nitrogens with one attached hydrogen (secondary N) is 1. The third-order valence-corrected chi connectivity index (χ3v) is 18.3. The van der Waals surface area contributed by atoms with Crippen LogP contribution >= 0.6 is 0 Å². The minimum absolute atomic E-state index is 0.136. The molecule has 1 saturated heterocycles. The summed E-state index contributed by atoms with van der Waals surface area (Å²) < 4.78 is 11.4. The number of hydrogen-bond donors (Lipinski definition) is 6. The van der Waals surface area contributed by atoms with Crippen LogP contribution in [0.2, 0.25) is 0 Å². The van der Waals surface area contributed by atoms with E-state index in [1.807, 2.05) is 0 Å². The van der Waals surface area contributed by atoms with E-state index in [-0.39, 0.29) is 12.5 Å². The van der Waals surface area contributed by atoms with Crippen LogP contribution in [0.15, 0.2) is 85.1 Å². The van der Waals surface area contributed by atoms with Crippen molar-refractivity contribution >= 4 is 5.91 Å². The fourth-order valence-electron chi connectivity index (χ4n) is 12.3. The first-order chi connectivity index (χ1) is 44.3. The zero-order valence-corrected chi connectivity index (χ0v) is 58.9. The number of aliphatic hydroxyl groups excluding tert-OH is 5. The van der Waals surface area contributed by atoms with Gasteiger partial charge in [0.25, 0.3) is 0 Å². The molecule has 0 aromatic carbocycles. The lowest BCUT2D eigenvalue weighted by atomic mass is 9.99. The van der Waals surface area contributed by atoms with Gasteiger partial charge in [0.05, 0.1) is 25.4 Å². The van der Waals surface area contributed by atoms with Gasteiger partial charge in [-0.15, -0.1) is 0 Å². The van der Waals surface area contributed by atoms with E-state index in [4.69, 9.17) is 9.47 Å². The smallest absolute Gasteiger partial charge is 0.220 e. The predicted molar refractivity (Wildman–Crippen MR) is 387 cm³/mol. The van der Waals surface area contributed by atoms with Crippen LogP contribution < -0.4 is 5.32 Å². The number of aliphatic hydroxyl groups is 5. The normalized spacial score (nSPS) is 18.2. The Morgan fingerprint density at radius 1 is 0.389 bits per heavy atom. The van der Waals surface area contributed by atoms with Crippen molar-refractivity contribution in [1.82, 2.24) is 5.32 Å². The van der Waals surface area contributed by atoms with Crippen molar-refractivity contribution in [3.05, 3.63) is 85.1 Å². The van der Waals surface area contributed by atoms with Gasteiger partial charge in [-0.25, -0.2) is 0 Å². The van der Waals surface area contributed by atoms with Crippen molar-refractivity contribution in [2.24, 2.45) is 0 Å². The lowest BCUT2D eigenvalue weighted by Gasteiger charge is -2.40. The molecule has 9 nitrogen and oxygen atoms in total. The van der Waals surface area contributed by atoms with Crippen LogP contribution in [-0.4, -0.2) is 87.5 Å². The van der Waals surface area contributed by atoms with Crippen LogP contribution in [0.1, 0.15) is 367 Å². The Morgan fingerprint density at radius 3 is 1.02 bits per heavy atom. The van der Waals surface area contributed by atoms with Crippen molar-refractivity contribution in [2.75, 3.05) is 13.2 Å². The Hall–Kier alpha value is -2.63. The largest absolute Gasteiger partial charge is 0.394 e. The molecule has 7 atom stereocenters. The molecule has 0 aliphatic carbocycles. The van der Waals surface area contributed by atoms with Crippen LogP contribution in [-0.2, 0) is 14.3 Å². The van der Waals surface area contributed by atoms with E-state index in [0.717, 1.165) is 83.5 Å². The maximum Gasteiger partial charge on any atom is 0.220 e. The van der Waals surface area contributed by atoms with Crippen molar-refractivity contribution < 1.29 is 39.8 Å². The summed E-state index contributed by atoms with van der Waals surface area (Å²) in [6.45, 7) is 3.77. The lowest BCUT2D eigenvalue weighted by molar-refractivity contribution is -0.302. The molecule has 1 aliphatic rings. The Balaban J connectivity index is 2.06. The summed E-state index contributed by atoms with van der Waals surface area (Å²) in [7, 11) is 0. The van der Waals surface area contributed by atoms with Gasteiger partial charge in [-0.2, -0.15) is 0 Å². The van der Waals surface area contributed by atoms with Crippen LogP contribution in [0, 0.1) is 0 Å². The van der Waals surface area contributed by atoms with Gasteiger partial charge in [0.2, 0.25) is 5.91 Å². The van der Waals surface area contributed by atoms with Crippen molar-refractivity contribution in [3.8, 4) is 0 Å². The fraction of sp³-hybridized carbons (Fsp3) is 0.815. The second-order valence-corrected chi connectivity index (χ2v) is 26.8. The van der Waals surface area contributed by atoms with E-state index in [2.05, 4.69) is 104 Å². The minimum atomic E-state index is -1.56. The van der Waals surface area contributed by atoms with Crippen molar-refractivity contribution in [1.29, 1.82) is 0 Å². The van der Waals surface area contributed by atoms with Crippen LogP contribution in [0.5, 0.6) is 0 Å². The third-order valence-electron chi connectivity index (χ3n) is 18.3. The van der Waals surface area contributed by atoms with Gasteiger partial charge in [0.1, 0.15) is 24.4 Å². The van der Waals surface area contributed by atoms with E-state index < -0.39 is 49.5 Å². The highest BCUT2D eigenvalue weighted by Gasteiger charge is 2.44. The van der Waals surface area contributed by atoms with E-state index in [1.54, 1.807) is 0 Å². The number of allylic oxidation sites excluding steroid dienone is 14. The van der Waals surface area contributed by atoms with Crippen molar-refractivity contribution in [3.63, 3.8) is 0 Å². The van der Waals surface area contributed by atoms with Gasteiger partial charge < -0.3 is 40.3 Å². The molecule has 6 N–H and O–H groups in total. The second kappa shape index (κ2) is 69.2. The molecule has 1 amide bonds. The van der Waals surface area contributed by atoms with Gasteiger partial charge in [-0.1, -0.05) is 375 Å². The summed E-state index contributed by atoms with van der Waals surface area (Å²) in [6.07, 6.45) is 92.5. The molecule has 0 aromatic heterocycles. The molecular formula is C81H147NO8. The molecule has 0 saturated carbocycles. The molecule has 524 valence electrons. The number of amides is 1. The van der Waals surface area contributed by atoms with Crippen LogP contribution in [0.3, 0.4) is 0 Å². The summed E-state index contributed by atoms with van der Waals surface area (Å²) in [6, 6.07) is -0.723. The highest BCUT2D eigenvalue weighted by molar-refractivity contribution is 5.76. The highest BCUT2D eigenvalue weighted by Crippen LogP contribution is 2.24. The first kappa shape index (κ1) is 85.4. The molecule has 0 spiro atoms. The van der Waals surface area contributed by atoms with Gasteiger partial charge in [0, 0.05) is 6.42 Å². The van der Waals surface area contributed by atoms with Crippen LogP contribution in [0.25, 0.3) is 0 Å². The maximum absolute atomic E-state index is 13.2. The number of carbonyl (C=O) groups is 1. The van der Waals surface area contributed by atoms with Gasteiger partial charge in [-0.05, 0) is 70.6 Å². The van der Waals surface area contributed by atoms with E-state index in [9.17, 15) is 30.3 Å². The summed E-state index contributed by atoms with van der Waals surface area (Å²) in [5.41, 5.74) is 0. The number of ether oxygens (including phenoxy) is 2. The van der Waals surface area contributed by atoms with Gasteiger partial charge >= 0.3 is 0 Å². The highest BCUT2D eigenvalue weighted by atomic mass is 16.7. The molecule has 1 fully saturated rings.